The van der Waals surface area contributed by atoms with E-state index in [-0.39, 0.29) is 0 Å². The number of rotatable bonds is 9. The van der Waals surface area contributed by atoms with E-state index in [1.54, 1.807) is 0 Å². The standard InChI is InChI=1S/C33H38N6O2/c1-24-22-25(2)34-30(23-24)38-20-18-37(19-21-38)28-12-10-27(11-13-28)35-33(41)32(40)31-29(26-8-6-5-7-9-26)14-15-39(31)17-16-36(3)4/h5-15,22-23H,16-21H2,1-4H3,(H,35,41). The molecule has 0 atom stereocenters. The summed E-state index contributed by atoms with van der Waals surface area (Å²) in [6.45, 7) is 9.03. The van der Waals surface area contributed by atoms with E-state index >= 15 is 0 Å². The van der Waals surface area contributed by atoms with Gasteiger partial charge in [-0.2, -0.15) is 0 Å². The van der Waals surface area contributed by atoms with E-state index in [0.29, 0.717) is 17.9 Å². The summed E-state index contributed by atoms with van der Waals surface area (Å²) in [6.07, 6.45) is 1.89. The van der Waals surface area contributed by atoms with Crippen molar-refractivity contribution in [2.24, 2.45) is 0 Å². The lowest BCUT2D eigenvalue weighted by Gasteiger charge is -2.37. The predicted molar refractivity (Wildman–Crippen MR) is 166 cm³/mol. The lowest BCUT2D eigenvalue weighted by atomic mass is 10.0. The summed E-state index contributed by atoms with van der Waals surface area (Å²) in [6, 6.07) is 23.6. The van der Waals surface area contributed by atoms with E-state index in [4.69, 9.17) is 4.98 Å². The molecule has 0 spiro atoms. The minimum atomic E-state index is -0.644. The minimum Gasteiger partial charge on any atom is -0.368 e. The minimum absolute atomic E-state index is 0.406. The molecule has 0 radical (unpaired) electrons. The lowest BCUT2D eigenvalue weighted by Crippen LogP contribution is -2.46. The van der Waals surface area contributed by atoms with Crippen LogP contribution >= 0.6 is 0 Å². The second-order valence-corrected chi connectivity index (χ2v) is 10.9. The molecule has 1 fully saturated rings. The molecule has 5 rings (SSSR count). The Bertz CT molecular complexity index is 1480. The summed E-state index contributed by atoms with van der Waals surface area (Å²) < 4.78 is 1.88. The molecule has 1 N–H and O–H groups in total. The zero-order valence-electron chi connectivity index (χ0n) is 24.3. The summed E-state index contributed by atoms with van der Waals surface area (Å²) in [5.41, 5.74) is 6.02. The third kappa shape index (κ3) is 6.66. The molecule has 0 aliphatic carbocycles. The van der Waals surface area contributed by atoms with Crippen LogP contribution in [0.25, 0.3) is 11.1 Å². The summed E-state index contributed by atoms with van der Waals surface area (Å²) in [5, 5.41) is 2.82. The first-order chi connectivity index (χ1) is 19.8. The number of pyridine rings is 1. The maximum absolute atomic E-state index is 13.5. The van der Waals surface area contributed by atoms with Gasteiger partial charge in [0.15, 0.2) is 0 Å². The van der Waals surface area contributed by atoms with E-state index in [2.05, 4.69) is 39.1 Å². The second-order valence-electron chi connectivity index (χ2n) is 10.9. The molecule has 2 aromatic heterocycles. The molecule has 2 aromatic carbocycles. The number of benzene rings is 2. The number of likely N-dealkylation sites (N-methyl/N-ethyl adjacent to an activating group) is 1. The molecule has 41 heavy (non-hydrogen) atoms. The zero-order valence-corrected chi connectivity index (χ0v) is 24.3. The number of piperazine rings is 1. The zero-order chi connectivity index (χ0) is 28.9. The van der Waals surface area contributed by atoms with Crippen LogP contribution in [0.2, 0.25) is 0 Å². The van der Waals surface area contributed by atoms with Gasteiger partial charge in [0.25, 0.3) is 11.7 Å². The molecule has 0 saturated carbocycles. The highest BCUT2D eigenvalue weighted by molar-refractivity contribution is 6.47. The number of aryl methyl sites for hydroxylation is 2. The highest BCUT2D eigenvalue weighted by Gasteiger charge is 2.25. The van der Waals surface area contributed by atoms with Gasteiger partial charge in [0.1, 0.15) is 11.5 Å². The first-order valence-electron chi connectivity index (χ1n) is 14.1. The van der Waals surface area contributed by atoms with Crippen molar-refractivity contribution in [1.82, 2.24) is 14.5 Å². The van der Waals surface area contributed by atoms with E-state index in [1.165, 1.54) is 5.56 Å². The summed E-state index contributed by atoms with van der Waals surface area (Å²) in [5.74, 6) is -0.157. The third-order valence-electron chi connectivity index (χ3n) is 7.44. The maximum atomic E-state index is 13.5. The molecule has 0 unspecified atom stereocenters. The van der Waals surface area contributed by atoms with Gasteiger partial charge in [0, 0.05) is 68.1 Å². The van der Waals surface area contributed by atoms with Crippen LogP contribution in [0, 0.1) is 13.8 Å². The number of Topliss-reactive ketones (excluding diaryl/α,β-unsaturated/α-hetero) is 1. The molecule has 4 aromatic rings. The number of anilines is 3. The van der Waals surface area contributed by atoms with Crippen LogP contribution in [0.5, 0.6) is 0 Å². The van der Waals surface area contributed by atoms with Gasteiger partial charge in [-0.1, -0.05) is 30.3 Å². The van der Waals surface area contributed by atoms with Crippen molar-refractivity contribution in [3.8, 4) is 11.1 Å². The lowest BCUT2D eigenvalue weighted by molar-refractivity contribution is -0.112. The van der Waals surface area contributed by atoms with Crippen LogP contribution in [0.4, 0.5) is 17.2 Å². The molecule has 1 aliphatic heterocycles. The first-order valence-corrected chi connectivity index (χ1v) is 14.1. The van der Waals surface area contributed by atoms with Crippen LogP contribution in [0.15, 0.2) is 79.0 Å². The molecule has 1 saturated heterocycles. The molecule has 1 aliphatic rings. The smallest absolute Gasteiger partial charge is 0.298 e. The Balaban J connectivity index is 1.25. The number of nitrogens with zero attached hydrogens (tertiary/aromatic N) is 5. The Morgan fingerprint density at radius 3 is 2.22 bits per heavy atom. The number of amides is 1. The number of carbonyl (C=O) groups excluding carboxylic acids is 2. The van der Waals surface area contributed by atoms with Crippen molar-refractivity contribution in [2.75, 3.05) is 61.9 Å². The molecular formula is C33H38N6O2. The van der Waals surface area contributed by atoms with Gasteiger partial charge in [-0.25, -0.2) is 4.98 Å². The van der Waals surface area contributed by atoms with Crippen molar-refractivity contribution in [1.29, 1.82) is 0 Å². The van der Waals surface area contributed by atoms with Crippen LogP contribution in [0.1, 0.15) is 21.7 Å². The fraction of sp³-hybridized carbons (Fsp3) is 0.303. The highest BCUT2D eigenvalue weighted by atomic mass is 16.2. The first kappa shape index (κ1) is 28.1. The highest BCUT2D eigenvalue weighted by Crippen LogP contribution is 2.27. The number of hydrogen-bond donors (Lipinski definition) is 1. The SMILES string of the molecule is Cc1cc(C)nc(N2CCN(c3ccc(NC(=O)C(=O)c4c(-c5ccccc5)ccn4CCN(C)C)cc3)CC2)c1. The van der Waals surface area contributed by atoms with Crippen molar-refractivity contribution in [3.05, 3.63) is 95.9 Å². The second kappa shape index (κ2) is 12.4. The Morgan fingerprint density at radius 2 is 1.56 bits per heavy atom. The molecule has 212 valence electrons. The van der Waals surface area contributed by atoms with Gasteiger partial charge in [-0.3, -0.25) is 9.59 Å². The van der Waals surface area contributed by atoms with Gasteiger partial charge in [0.2, 0.25) is 0 Å². The number of aromatic nitrogens is 2. The van der Waals surface area contributed by atoms with Gasteiger partial charge in [-0.15, -0.1) is 0 Å². The Labute approximate surface area is 242 Å². The van der Waals surface area contributed by atoms with Crippen LogP contribution < -0.4 is 15.1 Å². The van der Waals surface area contributed by atoms with Crippen LogP contribution in [-0.2, 0) is 11.3 Å². The predicted octanol–water partition coefficient (Wildman–Crippen LogP) is 4.88. The summed E-state index contributed by atoms with van der Waals surface area (Å²) in [7, 11) is 3.98. The van der Waals surface area contributed by atoms with E-state index < -0.39 is 11.7 Å². The van der Waals surface area contributed by atoms with Crippen molar-refractivity contribution in [2.45, 2.75) is 20.4 Å². The molecule has 3 heterocycles. The van der Waals surface area contributed by atoms with Crippen molar-refractivity contribution < 1.29 is 9.59 Å². The number of hydrogen-bond acceptors (Lipinski definition) is 6. The van der Waals surface area contributed by atoms with Crippen molar-refractivity contribution in [3.63, 3.8) is 0 Å². The van der Waals surface area contributed by atoms with E-state index in [1.807, 2.05) is 92.4 Å². The maximum Gasteiger partial charge on any atom is 0.298 e. The van der Waals surface area contributed by atoms with E-state index in [9.17, 15) is 9.59 Å². The molecule has 8 nitrogen and oxygen atoms in total. The fourth-order valence-corrected chi connectivity index (χ4v) is 5.30. The fourth-order valence-electron chi connectivity index (χ4n) is 5.30. The molecular weight excluding hydrogens is 512 g/mol. The molecule has 0 bridgehead atoms. The summed E-state index contributed by atoms with van der Waals surface area (Å²) >= 11 is 0. The van der Waals surface area contributed by atoms with Gasteiger partial charge in [0.05, 0.1) is 0 Å². The summed E-state index contributed by atoms with van der Waals surface area (Å²) in [4.78, 5) is 38.1. The monoisotopic (exact) mass is 550 g/mol. The van der Waals surface area contributed by atoms with Gasteiger partial charge < -0.3 is 24.6 Å². The van der Waals surface area contributed by atoms with Gasteiger partial charge >= 0.3 is 0 Å². The Morgan fingerprint density at radius 1 is 0.878 bits per heavy atom. The van der Waals surface area contributed by atoms with Gasteiger partial charge in [-0.05, 0) is 81.5 Å². The quantitative estimate of drug-likeness (QED) is 0.237. The van der Waals surface area contributed by atoms with E-state index in [0.717, 1.165) is 61.0 Å². The number of ketones is 1. The number of carbonyl (C=O) groups is 2. The van der Waals surface area contributed by atoms with Crippen LogP contribution in [0.3, 0.4) is 0 Å². The normalized spacial score (nSPS) is 13.5. The van der Waals surface area contributed by atoms with Crippen molar-refractivity contribution >= 4 is 28.9 Å². The average Bonchev–Trinajstić information content (AvgIpc) is 3.40. The third-order valence-corrected chi connectivity index (χ3v) is 7.44. The number of nitrogens with one attached hydrogen (secondary N) is 1. The Hall–Kier alpha value is -4.43. The molecule has 1 amide bonds. The largest absolute Gasteiger partial charge is 0.368 e. The van der Waals surface area contributed by atoms with Crippen LogP contribution in [-0.4, -0.2) is 73.0 Å². The Kier molecular flexibility index (Phi) is 8.50. The molecule has 8 heteroatoms. The topological polar surface area (TPSA) is 73.7 Å². The average molecular weight is 551 g/mol.